The molecule has 0 saturated heterocycles. The number of halogens is 2. The van der Waals surface area contributed by atoms with Gasteiger partial charge in [-0.15, -0.1) is 5.10 Å². The molecule has 0 aliphatic heterocycles. The normalized spacial score (nSPS) is 10.7. The Kier molecular flexibility index (Phi) is 4.92. The molecule has 1 aromatic carbocycles. The lowest BCUT2D eigenvalue weighted by Crippen LogP contribution is -2.08. The van der Waals surface area contributed by atoms with Crippen molar-refractivity contribution in [3.8, 4) is 17.2 Å². The maximum Gasteiger partial charge on any atom is 0.406 e. The second-order valence-electron chi connectivity index (χ2n) is 4.75. The van der Waals surface area contributed by atoms with Crippen LogP contribution in [0.3, 0.4) is 0 Å². The van der Waals surface area contributed by atoms with Gasteiger partial charge in [0.05, 0.1) is 5.69 Å². The summed E-state index contributed by atoms with van der Waals surface area (Å²) in [6.07, 6.45) is 1.28. The molecule has 0 aliphatic rings. The van der Waals surface area contributed by atoms with Crippen LogP contribution < -0.4 is 9.47 Å². The van der Waals surface area contributed by atoms with E-state index in [1.165, 1.54) is 47.3 Å². The maximum absolute atomic E-state index is 12.2. The average molecular weight is 364 g/mol. The van der Waals surface area contributed by atoms with Crippen molar-refractivity contribution in [3.63, 3.8) is 0 Å². The van der Waals surface area contributed by atoms with E-state index < -0.39 is 17.4 Å². The molecule has 2 heterocycles. The Balaban J connectivity index is 1.76. The molecule has 0 saturated carbocycles. The van der Waals surface area contributed by atoms with Gasteiger partial charge in [-0.25, -0.2) is 0 Å². The lowest BCUT2D eigenvalue weighted by molar-refractivity contribution is -0.390. The Morgan fingerprint density at radius 3 is 2.69 bits per heavy atom. The average Bonchev–Trinajstić information content (AvgIpc) is 3.09. The number of nitro groups is 1. The molecule has 134 valence electrons. The highest BCUT2D eigenvalue weighted by atomic mass is 19.3. The van der Waals surface area contributed by atoms with Gasteiger partial charge in [-0.05, 0) is 56.7 Å². The number of tetrazole rings is 1. The van der Waals surface area contributed by atoms with E-state index in [0.717, 1.165) is 0 Å². The van der Waals surface area contributed by atoms with Crippen LogP contribution in [0.1, 0.15) is 5.82 Å². The van der Waals surface area contributed by atoms with E-state index in [1.807, 2.05) is 0 Å². The first-order valence-electron chi connectivity index (χ1n) is 7.09. The van der Waals surface area contributed by atoms with Gasteiger partial charge < -0.3 is 19.6 Å². The first-order valence-corrected chi connectivity index (χ1v) is 7.09. The zero-order valence-electron chi connectivity index (χ0n) is 12.9. The molecule has 3 aromatic rings. The van der Waals surface area contributed by atoms with Crippen molar-refractivity contribution in [2.24, 2.45) is 0 Å². The minimum Gasteiger partial charge on any atom is -0.477 e. The van der Waals surface area contributed by atoms with Crippen LogP contribution in [0.15, 0.2) is 42.6 Å². The van der Waals surface area contributed by atoms with Crippen LogP contribution in [0.5, 0.6) is 11.5 Å². The summed E-state index contributed by atoms with van der Waals surface area (Å²) < 4.78 is 35.3. The molecular formula is C14H10F2N6O4. The quantitative estimate of drug-likeness (QED) is 0.462. The fourth-order valence-electron chi connectivity index (χ4n) is 2.04. The van der Waals surface area contributed by atoms with E-state index in [2.05, 4.69) is 25.2 Å². The zero-order chi connectivity index (χ0) is 18.5. The number of benzene rings is 1. The fourth-order valence-corrected chi connectivity index (χ4v) is 2.04. The molecule has 0 fully saturated rings. The van der Waals surface area contributed by atoms with Crippen molar-refractivity contribution >= 4 is 5.82 Å². The predicted octanol–water partition coefficient (Wildman–Crippen LogP) is 2.15. The van der Waals surface area contributed by atoms with Crippen molar-refractivity contribution in [2.75, 3.05) is 0 Å². The van der Waals surface area contributed by atoms with Gasteiger partial charge >= 0.3 is 12.4 Å². The van der Waals surface area contributed by atoms with Crippen LogP contribution in [0.2, 0.25) is 0 Å². The Morgan fingerprint density at radius 2 is 2.00 bits per heavy atom. The molecule has 0 bridgehead atoms. The molecule has 12 heteroatoms. The molecule has 0 unspecified atom stereocenters. The number of rotatable bonds is 7. The monoisotopic (exact) mass is 364 g/mol. The topological polar surface area (TPSA) is 118 Å². The van der Waals surface area contributed by atoms with Gasteiger partial charge in [0.2, 0.25) is 5.75 Å². The molecule has 0 spiro atoms. The first-order chi connectivity index (χ1) is 12.5. The second kappa shape index (κ2) is 7.46. The number of nitrogens with zero attached hydrogens (tertiary/aromatic N) is 6. The number of aromatic nitrogens is 5. The van der Waals surface area contributed by atoms with Crippen molar-refractivity contribution in [1.29, 1.82) is 0 Å². The van der Waals surface area contributed by atoms with Crippen LogP contribution in [-0.2, 0) is 6.61 Å². The van der Waals surface area contributed by atoms with E-state index >= 15 is 0 Å². The van der Waals surface area contributed by atoms with E-state index in [4.69, 9.17) is 4.74 Å². The van der Waals surface area contributed by atoms with Gasteiger partial charge in [-0.2, -0.15) is 13.5 Å². The number of pyridine rings is 1. The third-order valence-corrected chi connectivity index (χ3v) is 3.12. The van der Waals surface area contributed by atoms with Gasteiger partial charge in [0, 0.05) is 0 Å². The molecule has 3 rings (SSSR count). The molecule has 10 nitrogen and oxygen atoms in total. The number of alkyl halides is 2. The van der Waals surface area contributed by atoms with Gasteiger partial charge in [0.15, 0.2) is 12.4 Å². The SMILES string of the molecule is O=[N+]([O-])c1ncccc1OCc1nnnn1-c1ccc(OC(F)F)cc1. The van der Waals surface area contributed by atoms with Gasteiger partial charge in [-0.1, -0.05) is 0 Å². The molecule has 0 N–H and O–H groups in total. The van der Waals surface area contributed by atoms with E-state index in [-0.39, 0.29) is 23.9 Å². The third-order valence-electron chi connectivity index (χ3n) is 3.12. The number of hydrogen-bond acceptors (Lipinski definition) is 8. The van der Waals surface area contributed by atoms with Crippen molar-refractivity contribution < 1.29 is 23.2 Å². The first kappa shape index (κ1) is 17.1. The number of ether oxygens (including phenoxy) is 2. The summed E-state index contributed by atoms with van der Waals surface area (Å²) in [6, 6.07) is 8.51. The lowest BCUT2D eigenvalue weighted by atomic mass is 10.3. The number of hydrogen-bond donors (Lipinski definition) is 0. The molecule has 0 amide bonds. The summed E-state index contributed by atoms with van der Waals surface area (Å²) in [5.41, 5.74) is 0.468. The Hall–Kier alpha value is -3.70. The van der Waals surface area contributed by atoms with Gasteiger partial charge in [0.1, 0.15) is 11.9 Å². The van der Waals surface area contributed by atoms with Gasteiger partial charge in [-0.3, -0.25) is 0 Å². The highest BCUT2D eigenvalue weighted by Gasteiger charge is 2.17. The minimum atomic E-state index is -2.92. The van der Waals surface area contributed by atoms with Crippen LogP contribution in [-0.4, -0.2) is 36.7 Å². The van der Waals surface area contributed by atoms with Crippen molar-refractivity contribution in [3.05, 3.63) is 58.5 Å². The van der Waals surface area contributed by atoms with Crippen molar-refractivity contribution in [2.45, 2.75) is 13.2 Å². The smallest absolute Gasteiger partial charge is 0.406 e. The summed E-state index contributed by atoms with van der Waals surface area (Å²) >= 11 is 0. The predicted molar refractivity (Wildman–Crippen MR) is 81.0 cm³/mol. The minimum absolute atomic E-state index is 0.0133. The standard InChI is InChI=1S/C14H10F2N6O4/c15-14(16)26-10-5-3-9(4-6-10)21-12(18-19-20-21)8-25-11-2-1-7-17-13(11)22(23)24/h1-7,14H,8H2. The van der Waals surface area contributed by atoms with Crippen LogP contribution >= 0.6 is 0 Å². The molecular weight excluding hydrogens is 354 g/mol. The maximum atomic E-state index is 12.2. The zero-order valence-corrected chi connectivity index (χ0v) is 12.9. The Morgan fingerprint density at radius 1 is 1.23 bits per heavy atom. The van der Waals surface area contributed by atoms with E-state index in [0.29, 0.717) is 5.69 Å². The molecule has 0 atom stereocenters. The third kappa shape index (κ3) is 3.85. The second-order valence-corrected chi connectivity index (χ2v) is 4.75. The molecule has 2 aromatic heterocycles. The highest BCUT2D eigenvalue weighted by Crippen LogP contribution is 2.24. The molecule has 0 aliphatic carbocycles. The van der Waals surface area contributed by atoms with Crippen LogP contribution in [0.25, 0.3) is 5.69 Å². The van der Waals surface area contributed by atoms with Crippen LogP contribution in [0, 0.1) is 10.1 Å². The summed E-state index contributed by atoms with van der Waals surface area (Å²) in [6.45, 7) is -3.09. The highest BCUT2D eigenvalue weighted by molar-refractivity contribution is 5.39. The summed E-state index contributed by atoms with van der Waals surface area (Å²) in [5.74, 6) is -0.237. The molecule has 26 heavy (non-hydrogen) atoms. The van der Waals surface area contributed by atoms with E-state index in [9.17, 15) is 18.9 Å². The fraction of sp³-hybridized carbons (Fsp3) is 0.143. The Labute approximate surface area is 144 Å². The van der Waals surface area contributed by atoms with Crippen molar-refractivity contribution in [1.82, 2.24) is 25.2 Å². The van der Waals surface area contributed by atoms with Gasteiger partial charge in [0.25, 0.3) is 0 Å². The lowest BCUT2D eigenvalue weighted by Gasteiger charge is -2.08. The summed E-state index contributed by atoms with van der Waals surface area (Å²) in [5, 5.41) is 22.0. The Bertz CT molecular complexity index is 902. The largest absolute Gasteiger partial charge is 0.477 e. The summed E-state index contributed by atoms with van der Waals surface area (Å²) in [7, 11) is 0. The molecule has 0 radical (unpaired) electrons. The van der Waals surface area contributed by atoms with E-state index in [1.54, 1.807) is 0 Å². The summed E-state index contributed by atoms with van der Waals surface area (Å²) in [4.78, 5) is 13.9. The van der Waals surface area contributed by atoms with Crippen LogP contribution in [0.4, 0.5) is 14.6 Å².